The maximum absolute atomic E-state index is 9.52. The predicted octanol–water partition coefficient (Wildman–Crippen LogP) is 4.91. The molecule has 17 heavy (non-hydrogen) atoms. The van der Waals surface area contributed by atoms with Crippen molar-refractivity contribution in [1.82, 2.24) is 0 Å². The minimum Gasteiger partial charge on any atom is -0.192 e. The van der Waals surface area contributed by atoms with Crippen LogP contribution in [-0.2, 0) is 0 Å². The van der Waals surface area contributed by atoms with Gasteiger partial charge in [-0.05, 0) is 68.9 Å². The van der Waals surface area contributed by atoms with Crippen LogP contribution in [0.4, 0.5) is 0 Å². The summed E-state index contributed by atoms with van der Waals surface area (Å²) in [6, 6.07) is 2.52. The van der Waals surface area contributed by atoms with Crippen molar-refractivity contribution in [3.05, 3.63) is 22.3 Å². The van der Waals surface area contributed by atoms with Crippen molar-refractivity contribution in [2.45, 2.75) is 65.2 Å². The van der Waals surface area contributed by atoms with Crippen LogP contribution in [0, 0.1) is 17.2 Å². The molecule has 0 heterocycles. The summed E-state index contributed by atoms with van der Waals surface area (Å²) < 4.78 is 0. The van der Waals surface area contributed by atoms with E-state index in [9.17, 15) is 5.26 Å². The van der Waals surface area contributed by atoms with E-state index in [2.05, 4.69) is 19.9 Å². The van der Waals surface area contributed by atoms with E-state index in [1.807, 2.05) is 0 Å². The van der Waals surface area contributed by atoms with Crippen LogP contribution < -0.4 is 0 Å². The molecular weight excluding hydrogens is 206 g/mol. The van der Waals surface area contributed by atoms with Gasteiger partial charge < -0.3 is 0 Å². The van der Waals surface area contributed by atoms with Gasteiger partial charge in [0.2, 0.25) is 0 Å². The van der Waals surface area contributed by atoms with Crippen molar-refractivity contribution >= 4 is 0 Å². The molecule has 0 radical (unpaired) electrons. The van der Waals surface area contributed by atoms with E-state index in [-0.39, 0.29) is 0 Å². The van der Waals surface area contributed by atoms with Crippen molar-refractivity contribution in [2.24, 2.45) is 5.92 Å². The molecule has 1 nitrogen and oxygen atoms in total. The molecule has 1 heteroatoms. The van der Waals surface area contributed by atoms with Crippen molar-refractivity contribution in [1.29, 1.82) is 5.26 Å². The van der Waals surface area contributed by atoms with Gasteiger partial charge in [-0.3, -0.25) is 0 Å². The fourth-order valence-corrected chi connectivity index (χ4v) is 3.29. The summed E-state index contributed by atoms with van der Waals surface area (Å²) in [5, 5.41) is 9.52. The number of nitriles is 1. The molecule has 0 amide bonds. The first-order valence-corrected chi connectivity index (χ1v) is 7.06. The van der Waals surface area contributed by atoms with Crippen LogP contribution >= 0.6 is 0 Å². The fourth-order valence-electron chi connectivity index (χ4n) is 3.29. The number of hydrogen-bond acceptors (Lipinski definition) is 1. The topological polar surface area (TPSA) is 23.8 Å². The minimum atomic E-state index is 0.626. The zero-order valence-electron chi connectivity index (χ0n) is 11.2. The third kappa shape index (κ3) is 2.63. The Balaban J connectivity index is 2.38. The highest BCUT2D eigenvalue weighted by atomic mass is 14.3. The second kappa shape index (κ2) is 5.54. The van der Waals surface area contributed by atoms with Crippen LogP contribution in [-0.4, -0.2) is 0 Å². The highest BCUT2D eigenvalue weighted by Gasteiger charge is 2.22. The normalized spacial score (nSPS) is 28.9. The Morgan fingerprint density at radius 3 is 2.47 bits per heavy atom. The van der Waals surface area contributed by atoms with Gasteiger partial charge in [-0.15, -0.1) is 0 Å². The average molecular weight is 229 g/mol. The molecule has 1 fully saturated rings. The number of rotatable bonds is 1. The summed E-state index contributed by atoms with van der Waals surface area (Å²) in [5.41, 5.74) is 5.38. The number of allylic oxidation sites excluding steroid dienone is 4. The number of nitrogens with zero attached hydrogens (tertiary/aromatic N) is 1. The lowest BCUT2D eigenvalue weighted by Gasteiger charge is -2.26. The molecule has 0 spiro atoms. The summed E-state index contributed by atoms with van der Waals surface area (Å²) in [6.07, 6.45) is 9.93. The molecule has 92 valence electrons. The lowest BCUT2D eigenvalue weighted by molar-refractivity contribution is 0.480. The quantitative estimate of drug-likeness (QED) is 0.586. The Morgan fingerprint density at radius 2 is 1.82 bits per heavy atom. The van der Waals surface area contributed by atoms with Gasteiger partial charge in [0.1, 0.15) is 0 Å². The molecule has 0 aromatic heterocycles. The summed E-state index contributed by atoms with van der Waals surface area (Å²) in [5.74, 6) is 0.626. The lowest BCUT2D eigenvalue weighted by Crippen LogP contribution is -2.11. The Labute approximate surface area is 105 Å². The van der Waals surface area contributed by atoms with Gasteiger partial charge in [-0.2, -0.15) is 5.26 Å². The first kappa shape index (κ1) is 12.4. The van der Waals surface area contributed by atoms with Crippen molar-refractivity contribution < 1.29 is 0 Å². The molecule has 0 bridgehead atoms. The monoisotopic (exact) mass is 229 g/mol. The van der Waals surface area contributed by atoms with Crippen LogP contribution in [0.15, 0.2) is 22.3 Å². The maximum Gasteiger partial charge on any atom is 0.0994 e. The summed E-state index contributed by atoms with van der Waals surface area (Å²) in [6.45, 7) is 4.52. The van der Waals surface area contributed by atoms with Gasteiger partial charge >= 0.3 is 0 Å². The lowest BCUT2D eigenvalue weighted by atomic mass is 9.78. The van der Waals surface area contributed by atoms with E-state index < -0.39 is 0 Å². The van der Waals surface area contributed by atoms with Crippen LogP contribution in [0.2, 0.25) is 0 Å². The van der Waals surface area contributed by atoms with Crippen molar-refractivity contribution in [2.75, 3.05) is 0 Å². The Kier molecular flexibility index (Phi) is 4.05. The van der Waals surface area contributed by atoms with E-state index in [0.717, 1.165) is 18.4 Å². The van der Waals surface area contributed by atoms with Gasteiger partial charge in [0, 0.05) is 0 Å². The van der Waals surface area contributed by atoms with Crippen LogP contribution in [0.25, 0.3) is 0 Å². The third-order valence-corrected chi connectivity index (χ3v) is 4.41. The van der Waals surface area contributed by atoms with Gasteiger partial charge in [0.25, 0.3) is 0 Å². The molecule has 0 aromatic carbocycles. The van der Waals surface area contributed by atoms with Gasteiger partial charge in [0.15, 0.2) is 0 Å². The molecule has 2 aliphatic rings. The van der Waals surface area contributed by atoms with Crippen LogP contribution in [0.5, 0.6) is 0 Å². The molecule has 0 aromatic rings. The highest BCUT2D eigenvalue weighted by molar-refractivity contribution is 5.49. The van der Waals surface area contributed by atoms with Gasteiger partial charge in [-0.25, -0.2) is 0 Å². The third-order valence-electron chi connectivity index (χ3n) is 4.41. The summed E-state index contributed by atoms with van der Waals surface area (Å²) in [4.78, 5) is 0. The molecule has 2 aliphatic carbocycles. The predicted molar refractivity (Wildman–Crippen MR) is 71.4 cm³/mol. The van der Waals surface area contributed by atoms with E-state index in [1.54, 1.807) is 0 Å². The zero-order valence-corrected chi connectivity index (χ0v) is 11.2. The Morgan fingerprint density at radius 1 is 1.12 bits per heavy atom. The molecule has 0 saturated heterocycles. The van der Waals surface area contributed by atoms with Crippen LogP contribution in [0.1, 0.15) is 65.2 Å². The first-order chi connectivity index (χ1) is 8.24. The molecule has 1 unspecified atom stereocenters. The number of hydrogen-bond donors (Lipinski definition) is 0. The molecule has 0 N–H and O–H groups in total. The van der Waals surface area contributed by atoms with Crippen molar-refractivity contribution in [3.8, 4) is 6.07 Å². The Bertz CT molecular complexity index is 392. The Hall–Kier alpha value is -1.03. The maximum atomic E-state index is 9.52. The zero-order chi connectivity index (χ0) is 12.3. The largest absolute Gasteiger partial charge is 0.192 e. The standard InChI is InChI=1S/C16H23N/c1-12-7-3-5-9-14(12)16(11-17)15-10-6-4-8-13(15)2/h12H,3-10H2,1-2H3. The SMILES string of the molecule is CC1=C(C(C#N)=C2CCCCC2C)CCCC1. The van der Waals surface area contributed by atoms with Crippen molar-refractivity contribution in [3.63, 3.8) is 0 Å². The molecule has 0 aliphatic heterocycles. The van der Waals surface area contributed by atoms with E-state index in [4.69, 9.17) is 0 Å². The first-order valence-electron chi connectivity index (χ1n) is 7.06. The minimum absolute atomic E-state index is 0.626. The van der Waals surface area contributed by atoms with E-state index >= 15 is 0 Å². The molecule has 2 rings (SSSR count). The van der Waals surface area contributed by atoms with E-state index in [1.165, 1.54) is 55.2 Å². The second-order valence-electron chi connectivity index (χ2n) is 5.62. The van der Waals surface area contributed by atoms with Crippen LogP contribution in [0.3, 0.4) is 0 Å². The van der Waals surface area contributed by atoms with Gasteiger partial charge in [-0.1, -0.05) is 18.9 Å². The second-order valence-corrected chi connectivity index (χ2v) is 5.62. The molecular formula is C16H23N. The fraction of sp³-hybridized carbons (Fsp3) is 0.688. The molecule has 1 atom stereocenters. The smallest absolute Gasteiger partial charge is 0.0994 e. The summed E-state index contributed by atoms with van der Waals surface area (Å²) in [7, 11) is 0. The molecule has 1 saturated carbocycles. The van der Waals surface area contributed by atoms with Gasteiger partial charge in [0.05, 0.1) is 11.6 Å². The highest BCUT2D eigenvalue weighted by Crippen LogP contribution is 2.37. The van der Waals surface area contributed by atoms with E-state index in [0.29, 0.717) is 5.92 Å². The summed E-state index contributed by atoms with van der Waals surface area (Å²) >= 11 is 0. The average Bonchev–Trinajstić information content (AvgIpc) is 2.34.